The summed E-state index contributed by atoms with van der Waals surface area (Å²) in [6.07, 6.45) is 15.3. The van der Waals surface area contributed by atoms with E-state index in [0.717, 1.165) is 19.5 Å². The van der Waals surface area contributed by atoms with Gasteiger partial charge >= 0.3 is 0 Å². The summed E-state index contributed by atoms with van der Waals surface area (Å²) >= 11 is 0. The zero-order chi connectivity index (χ0) is 21.3. The second-order valence-corrected chi connectivity index (χ2v) is 10.8. The predicted octanol–water partition coefficient (Wildman–Crippen LogP) is 6.51. The first kappa shape index (κ1) is 24.7. The fraction of sp³-hybridized carbons (Fsp3) is 0.962. The van der Waals surface area contributed by atoms with E-state index in [4.69, 9.17) is 0 Å². The van der Waals surface area contributed by atoms with Crippen molar-refractivity contribution in [3.05, 3.63) is 0 Å². The van der Waals surface area contributed by atoms with Gasteiger partial charge in [0.1, 0.15) is 0 Å². The third-order valence-corrected chi connectivity index (χ3v) is 8.13. The highest BCUT2D eigenvalue weighted by Gasteiger charge is 2.45. The monoisotopic (exact) mass is 406 g/mol. The normalized spacial score (nSPS) is 22.3. The lowest BCUT2D eigenvalue weighted by atomic mass is 9.71. The standard InChI is InChI=1S/C26H50N2O/c1-6-9-10-11-13-23(4)24(29)28-19-16-26(17-20-28)21-27(22-26)18-12-15-25(5,8-3)14-7-2/h23H,6-22H2,1-5H3. The van der Waals surface area contributed by atoms with Crippen molar-refractivity contribution < 1.29 is 4.79 Å². The third kappa shape index (κ3) is 7.26. The Morgan fingerprint density at radius 1 is 0.966 bits per heavy atom. The molecule has 2 unspecified atom stereocenters. The van der Waals surface area contributed by atoms with Gasteiger partial charge in [-0.25, -0.2) is 0 Å². The Morgan fingerprint density at radius 3 is 2.24 bits per heavy atom. The van der Waals surface area contributed by atoms with E-state index in [0.29, 0.717) is 16.7 Å². The molecule has 0 saturated carbocycles. The van der Waals surface area contributed by atoms with E-state index in [1.165, 1.54) is 90.3 Å². The summed E-state index contributed by atoms with van der Waals surface area (Å²) < 4.78 is 0. The average Bonchev–Trinajstić information content (AvgIpc) is 2.70. The number of hydrogen-bond acceptors (Lipinski definition) is 2. The molecule has 2 fully saturated rings. The van der Waals surface area contributed by atoms with Crippen LogP contribution in [0.5, 0.6) is 0 Å². The van der Waals surface area contributed by atoms with E-state index in [2.05, 4.69) is 44.4 Å². The van der Waals surface area contributed by atoms with E-state index >= 15 is 0 Å². The molecule has 0 radical (unpaired) electrons. The maximum Gasteiger partial charge on any atom is 0.225 e. The summed E-state index contributed by atoms with van der Waals surface area (Å²) in [5, 5.41) is 0. The van der Waals surface area contributed by atoms with Gasteiger partial charge in [-0.15, -0.1) is 0 Å². The SMILES string of the molecule is CCCCCCC(C)C(=O)N1CCC2(CC1)CN(CCCC(C)(CC)CCC)C2. The molecule has 3 nitrogen and oxygen atoms in total. The van der Waals surface area contributed by atoms with Crippen LogP contribution in [0.25, 0.3) is 0 Å². The van der Waals surface area contributed by atoms with Crippen molar-refractivity contribution in [1.82, 2.24) is 9.80 Å². The summed E-state index contributed by atoms with van der Waals surface area (Å²) in [5.74, 6) is 0.636. The molecule has 1 spiro atoms. The quantitative estimate of drug-likeness (QED) is 0.325. The number of amides is 1. The van der Waals surface area contributed by atoms with Gasteiger partial charge in [-0.3, -0.25) is 4.79 Å². The molecule has 1 amide bonds. The number of carbonyl (C=O) groups excluding carboxylic acids is 1. The van der Waals surface area contributed by atoms with Gasteiger partial charge in [-0.2, -0.15) is 0 Å². The van der Waals surface area contributed by atoms with Crippen molar-refractivity contribution in [2.75, 3.05) is 32.7 Å². The number of piperidine rings is 1. The van der Waals surface area contributed by atoms with Crippen molar-refractivity contribution in [3.63, 3.8) is 0 Å². The summed E-state index contributed by atoms with van der Waals surface area (Å²) in [6, 6.07) is 0. The first-order valence-corrected chi connectivity index (χ1v) is 12.9. The second-order valence-electron chi connectivity index (χ2n) is 10.8. The van der Waals surface area contributed by atoms with Gasteiger partial charge in [0.05, 0.1) is 0 Å². The Kier molecular flexibility index (Phi) is 9.98. The van der Waals surface area contributed by atoms with Crippen LogP contribution in [0.3, 0.4) is 0 Å². The van der Waals surface area contributed by atoms with Crippen LogP contribution in [0.1, 0.15) is 112 Å². The fourth-order valence-corrected chi connectivity index (χ4v) is 5.70. The van der Waals surface area contributed by atoms with Crippen molar-refractivity contribution in [2.45, 2.75) is 112 Å². The third-order valence-electron chi connectivity index (χ3n) is 8.13. The number of nitrogens with zero attached hydrogens (tertiary/aromatic N) is 2. The molecule has 0 aliphatic carbocycles. The van der Waals surface area contributed by atoms with Gasteiger partial charge in [0.2, 0.25) is 5.91 Å². The summed E-state index contributed by atoms with van der Waals surface area (Å²) in [5.41, 5.74) is 1.08. The minimum atomic E-state index is 0.217. The van der Waals surface area contributed by atoms with Crippen LogP contribution >= 0.6 is 0 Å². The van der Waals surface area contributed by atoms with E-state index in [-0.39, 0.29) is 5.92 Å². The molecule has 0 aromatic heterocycles. The molecule has 0 aromatic carbocycles. The Balaban J connectivity index is 1.63. The minimum Gasteiger partial charge on any atom is -0.342 e. The van der Waals surface area contributed by atoms with Crippen molar-refractivity contribution in [1.29, 1.82) is 0 Å². The number of likely N-dealkylation sites (tertiary alicyclic amines) is 2. The number of carbonyl (C=O) groups is 1. The van der Waals surface area contributed by atoms with Crippen LogP contribution in [-0.2, 0) is 4.79 Å². The van der Waals surface area contributed by atoms with Gasteiger partial charge in [0.25, 0.3) is 0 Å². The molecular formula is C26H50N2O. The maximum absolute atomic E-state index is 12.8. The molecule has 29 heavy (non-hydrogen) atoms. The van der Waals surface area contributed by atoms with Crippen molar-refractivity contribution in [3.8, 4) is 0 Å². The van der Waals surface area contributed by atoms with Crippen molar-refractivity contribution in [2.24, 2.45) is 16.7 Å². The summed E-state index contributed by atoms with van der Waals surface area (Å²) in [7, 11) is 0. The molecule has 2 heterocycles. The van der Waals surface area contributed by atoms with Crippen LogP contribution < -0.4 is 0 Å². The molecule has 2 aliphatic rings. The lowest BCUT2D eigenvalue weighted by Gasteiger charge is -2.54. The molecule has 170 valence electrons. The van der Waals surface area contributed by atoms with Crippen LogP contribution in [0.4, 0.5) is 0 Å². The van der Waals surface area contributed by atoms with E-state index < -0.39 is 0 Å². The van der Waals surface area contributed by atoms with Gasteiger partial charge in [0.15, 0.2) is 0 Å². The smallest absolute Gasteiger partial charge is 0.225 e. The number of rotatable bonds is 13. The summed E-state index contributed by atoms with van der Waals surface area (Å²) in [6.45, 7) is 17.4. The first-order valence-electron chi connectivity index (χ1n) is 12.9. The first-order chi connectivity index (χ1) is 13.9. The largest absolute Gasteiger partial charge is 0.342 e. The molecule has 0 N–H and O–H groups in total. The van der Waals surface area contributed by atoms with Crippen LogP contribution in [-0.4, -0.2) is 48.4 Å². The maximum atomic E-state index is 12.8. The molecule has 3 heteroatoms. The van der Waals surface area contributed by atoms with Crippen LogP contribution in [0, 0.1) is 16.7 Å². The molecule has 2 atom stereocenters. The fourth-order valence-electron chi connectivity index (χ4n) is 5.70. The zero-order valence-corrected chi connectivity index (χ0v) is 20.4. The molecule has 0 aromatic rings. The molecule has 2 saturated heterocycles. The lowest BCUT2D eigenvalue weighted by Crippen LogP contribution is -2.61. The number of unbranched alkanes of at least 4 members (excludes halogenated alkanes) is 3. The highest BCUT2D eigenvalue weighted by atomic mass is 16.2. The molecule has 2 rings (SSSR count). The van der Waals surface area contributed by atoms with Crippen LogP contribution in [0.2, 0.25) is 0 Å². The van der Waals surface area contributed by atoms with E-state index in [1.54, 1.807) is 0 Å². The Labute approximate surface area is 182 Å². The Morgan fingerprint density at radius 2 is 1.66 bits per heavy atom. The van der Waals surface area contributed by atoms with Gasteiger partial charge in [0, 0.05) is 32.1 Å². The van der Waals surface area contributed by atoms with Gasteiger partial charge in [-0.1, -0.05) is 73.1 Å². The predicted molar refractivity (Wildman–Crippen MR) is 125 cm³/mol. The average molecular weight is 407 g/mol. The van der Waals surface area contributed by atoms with Crippen molar-refractivity contribution >= 4 is 5.91 Å². The molecular weight excluding hydrogens is 356 g/mol. The minimum absolute atomic E-state index is 0.217. The number of hydrogen-bond donors (Lipinski definition) is 0. The Hall–Kier alpha value is -0.570. The van der Waals surface area contributed by atoms with E-state index in [1.807, 2.05) is 0 Å². The highest BCUT2D eigenvalue weighted by molar-refractivity contribution is 5.78. The highest BCUT2D eigenvalue weighted by Crippen LogP contribution is 2.41. The molecule has 2 aliphatic heterocycles. The van der Waals surface area contributed by atoms with E-state index in [9.17, 15) is 4.79 Å². The summed E-state index contributed by atoms with van der Waals surface area (Å²) in [4.78, 5) is 17.6. The topological polar surface area (TPSA) is 23.6 Å². The Bertz CT molecular complexity index is 475. The van der Waals surface area contributed by atoms with Crippen LogP contribution in [0.15, 0.2) is 0 Å². The van der Waals surface area contributed by atoms with Gasteiger partial charge in [-0.05, 0) is 55.9 Å². The van der Waals surface area contributed by atoms with Gasteiger partial charge < -0.3 is 9.80 Å². The molecule has 0 bridgehead atoms. The zero-order valence-electron chi connectivity index (χ0n) is 20.4. The second kappa shape index (κ2) is 11.7. The lowest BCUT2D eigenvalue weighted by molar-refractivity contribution is -0.140.